The van der Waals surface area contributed by atoms with E-state index >= 15 is 0 Å². The molecule has 4 rings (SSSR count). The second-order valence-corrected chi connectivity index (χ2v) is 5.79. The van der Waals surface area contributed by atoms with Crippen molar-refractivity contribution in [3.63, 3.8) is 0 Å². The Labute approximate surface area is 136 Å². The van der Waals surface area contributed by atoms with Crippen molar-refractivity contribution in [1.82, 2.24) is 15.0 Å². The highest BCUT2D eigenvalue weighted by molar-refractivity contribution is 5.88. The average molecular weight is 304 g/mol. The zero-order valence-corrected chi connectivity index (χ0v) is 13.5. The van der Waals surface area contributed by atoms with Gasteiger partial charge < -0.3 is 4.90 Å². The molecule has 23 heavy (non-hydrogen) atoms. The van der Waals surface area contributed by atoms with Crippen LogP contribution in [0.4, 0.5) is 5.69 Å². The van der Waals surface area contributed by atoms with Crippen LogP contribution in [0, 0.1) is 0 Å². The Balaban J connectivity index is 2.09. The van der Waals surface area contributed by atoms with Gasteiger partial charge in [-0.1, -0.05) is 47.7 Å². The lowest BCUT2D eigenvalue weighted by Crippen LogP contribution is -2.24. The zero-order valence-electron chi connectivity index (χ0n) is 13.5. The number of nitrogens with zero attached hydrogens (tertiary/aromatic N) is 4. The molecule has 1 aromatic heterocycles. The van der Waals surface area contributed by atoms with Gasteiger partial charge in [0.2, 0.25) is 0 Å². The normalized spacial score (nSPS) is 12.9. The van der Waals surface area contributed by atoms with Gasteiger partial charge in [-0.25, -0.2) is 4.68 Å². The molecule has 0 radical (unpaired) electrons. The summed E-state index contributed by atoms with van der Waals surface area (Å²) in [6, 6.07) is 17.1. The second-order valence-electron chi connectivity index (χ2n) is 5.79. The minimum atomic E-state index is 0.810. The molecule has 116 valence electrons. The van der Waals surface area contributed by atoms with Crippen molar-refractivity contribution < 1.29 is 0 Å². The molecule has 0 unspecified atom stereocenters. The lowest BCUT2D eigenvalue weighted by Gasteiger charge is -2.29. The second kappa shape index (κ2) is 5.54. The lowest BCUT2D eigenvalue weighted by atomic mass is 9.96. The molecule has 4 nitrogen and oxygen atoms in total. The highest BCUT2D eigenvalue weighted by Crippen LogP contribution is 2.40. The maximum Gasteiger partial charge on any atom is 0.121 e. The maximum absolute atomic E-state index is 4.51. The summed E-state index contributed by atoms with van der Waals surface area (Å²) in [5.41, 5.74) is 7.07. The van der Waals surface area contributed by atoms with Crippen LogP contribution in [0.3, 0.4) is 0 Å². The fourth-order valence-corrected chi connectivity index (χ4v) is 3.39. The van der Waals surface area contributed by atoms with Crippen molar-refractivity contribution in [1.29, 1.82) is 0 Å². The molecule has 4 heteroatoms. The van der Waals surface area contributed by atoms with Gasteiger partial charge in [-0.05, 0) is 25.5 Å². The van der Waals surface area contributed by atoms with Crippen molar-refractivity contribution >= 4 is 5.69 Å². The molecule has 0 spiro atoms. The summed E-state index contributed by atoms with van der Waals surface area (Å²) in [5, 5.41) is 8.91. The van der Waals surface area contributed by atoms with Crippen LogP contribution in [-0.4, -0.2) is 21.5 Å². The number of benzene rings is 2. The SMILES string of the molecule is CCN1Cc2ccccc2-c2nnn(CC)c2-c2ccccc21. The minimum absolute atomic E-state index is 0.810. The van der Waals surface area contributed by atoms with E-state index in [2.05, 4.69) is 77.6 Å². The molecule has 0 amide bonds. The molecular formula is C19H20N4. The Bertz CT molecular complexity index is 850. The number of rotatable bonds is 2. The molecule has 0 saturated heterocycles. The summed E-state index contributed by atoms with van der Waals surface area (Å²) in [5.74, 6) is 0. The van der Waals surface area contributed by atoms with E-state index in [0.717, 1.165) is 31.0 Å². The summed E-state index contributed by atoms with van der Waals surface area (Å²) in [6.45, 7) is 6.98. The fourth-order valence-electron chi connectivity index (χ4n) is 3.39. The third-order valence-corrected chi connectivity index (χ3v) is 4.55. The van der Waals surface area contributed by atoms with Gasteiger partial charge in [0.1, 0.15) is 5.69 Å². The van der Waals surface area contributed by atoms with Crippen molar-refractivity contribution in [2.75, 3.05) is 11.4 Å². The summed E-state index contributed by atoms with van der Waals surface area (Å²) in [4.78, 5) is 2.42. The van der Waals surface area contributed by atoms with Gasteiger partial charge in [0.05, 0.1) is 5.69 Å². The van der Waals surface area contributed by atoms with E-state index in [9.17, 15) is 0 Å². The van der Waals surface area contributed by atoms with Gasteiger partial charge in [-0.15, -0.1) is 5.10 Å². The first-order valence-electron chi connectivity index (χ1n) is 8.19. The molecule has 3 aromatic rings. The first kappa shape index (κ1) is 14.0. The largest absolute Gasteiger partial charge is 0.367 e. The topological polar surface area (TPSA) is 34.0 Å². The van der Waals surface area contributed by atoms with Gasteiger partial charge in [-0.3, -0.25) is 0 Å². The Morgan fingerprint density at radius 2 is 1.65 bits per heavy atom. The molecule has 0 bridgehead atoms. The van der Waals surface area contributed by atoms with Crippen molar-refractivity contribution in [2.24, 2.45) is 0 Å². The van der Waals surface area contributed by atoms with Crippen LogP contribution in [-0.2, 0) is 13.1 Å². The van der Waals surface area contributed by atoms with Gasteiger partial charge in [0.25, 0.3) is 0 Å². The van der Waals surface area contributed by atoms with Gasteiger partial charge >= 0.3 is 0 Å². The maximum atomic E-state index is 4.51. The summed E-state index contributed by atoms with van der Waals surface area (Å²) in [7, 11) is 0. The van der Waals surface area contributed by atoms with E-state index in [1.807, 2.05) is 4.68 Å². The number of anilines is 1. The zero-order chi connectivity index (χ0) is 15.8. The lowest BCUT2D eigenvalue weighted by molar-refractivity contribution is 0.632. The van der Waals surface area contributed by atoms with Crippen LogP contribution in [0.25, 0.3) is 22.5 Å². The van der Waals surface area contributed by atoms with Gasteiger partial charge in [0.15, 0.2) is 0 Å². The van der Waals surface area contributed by atoms with Gasteiger partial charge in [0, 0.05) is 36.4 Å². The quantitative estimate of drug-likeness (QED) is 0.718. The summed E-state index contributed by atoms with van der Waals surface area (Å²) in [6.07, 6.45) is 0. The molecule has 1 aliphatic rings. The van der Waals surface area contributed by atoms with E-state index in [4.69, 9.17) is 0 Å². The molecule has 2 heterocycles. The molecule has 0 saturated carbocycles. The Morgan fingerprint density at radius 1 is 0.913 bits per heavy atom. The smallest absolute Gasteiger partial charge is 0.121 e. The monoisotopic (exact) mass is 304 g/mol. The number of aryl methyl sites for hydroxylation is 1. The number of hydrogen-bond acceptors (Lipinski definition) is 3. The summed E-state index contributed by atoms with van der Waals surface area (Å²) >= 11 is 0. The number of para-hydroxylation sites is 1. The molecule has 0 aliphatic carbocycles. The number of aromatic nitrogens is 3. The van der Waals surface area contributed by atoms with E-state index in [0.29, 0.717) is 0 Å². The number of hydrogen-bond donors (Lipinski definition) is 0. The highest BCUT2D eigenvalue weighted by atomic mass is 15.4. The highest BCUT2D eigenvalue weighted by Gasteiger charge is 2.25. The average Bonchev–Trinajstić information content (AvgIpc) is 3.02. The van der Waals surface area contributed by atoms with E-state index < -0.39 is 0 Å². The van der Waals surface area contributed by atoms with E-state index in [-0.39, 0.29) is 0 Å². The first-order valence-corrected chi connectivity index (χ1v) is 8.19. The van der Waals surface area contributed by atoms with Crippen LogP contribution in [0.15, 0.2) is 48.5 Å². The van der Waals surface area contributed by atoms with Gasteiger partial charge in [-0.2, -0.15) is 0 Å². The van der Waals surface area contributed by atoms with E-state index in [1.54, 1.807) is 0 Å². The predicted octanol–water partition coefficient (Wildman–Crippen LogP) is 3.97. The minimum Gasteiger partial charge on any atom is -0.367 e. The molecule has 2 aromatic carbocycles. The first-order chi connectivity index (χ1) is 11.3. The van der Waals surface area contributed by atoms with Crippen LogP contribution in [0.5, 0.6) is 0 Å². The predicted molar refractivity (Wildman–Crippen MR) is 93.3 cm³/mol. The van der Waals surface area contributed by atoms with Crippen molar-refractivity contribution in [3.05, 3.63) is 54.1 Å². The molecule has 0 N–H and O–H groups in total. The number of fused-ring (bicyclic) bond motifs is 5. The third kappa shape index (κ3) is 2.13. The van der Waals surface area contributed by atoms with Crippen LogP contribution in [0.2, 0.25) is 0 Å². The molecular weight excluding hydrogens is 284 g/mol. The third-order valence-electron chi connectivity index (χ3n) is 4.55. The Morgan fingerprint density at radius 3 is 2.43 bits per heavy atom. The standard InChI is InChI=1S/C19H20N4/c1-3-22-13-14-9-5-6-10-15(14)18-19(23(4-2)21-20-18)16-11-7-8-12-17(16)22/h5-12H,3-4,13H2,1-2H3. The summed E-state index contributed by atoms with van der Waals surface area (Å²) < 4.78 is 2.00. The van der Waals surface area contributed by atoms with E-state index in [1.165, 1.54) is 22.4 Å². The fraction of sp³-hybridized carbons (Fsp3) is 0.263. The molecule has 1 aliphatic heterocycles. The van der Waals surface area contributed by atoms with Crippen LogP contribution >= 0.6 is 0 Å². The Hall–Kier alpha value is -2.62. The molecule has 0 atom stereocenters. The molecule has 0 fully saturated rings. The van der Waals surface area contributed by atoms with Crippen molar-refractivity contribution in [2.45, 2.75) is 26.9 Å². The van der Waals surface area contributed by atoms with Crippen LogP contribution in [0.1, 0.15) is 19.4 Å². The van der Waals surface area contributed by atoms with Crippen LogP contribution < -0.4 is 4.90 Å². The van der Waals surface area contributed by atoms with Crippen molar-refractivity contribution in [3.8, 4) is 22.5 Å². The Kier molecular flexibility index (Phi) is 3.37.